The molecule has 0 aliphatic rings. The first-order valence-electron chi connectivity index (χ1n) is 10.3. The molecule has 2 rings (SSSR count). The zero-order chi connectivity index (χ0) is 22.9. The van der Waals surface area contributed by atoms with Crippen molar-refractivity contribution in [2.75, 3.05) is 20.0 Å². The lowest BCUT2D eigenvalue weighted by Gasteiger charge is -2.26. The fraction of sp³-hybridized carbons (Fsp3) is 0.400. The average molecular weight is 429 g/mol. The van der Waals surface area contributed by atoms with Crippen LogP contribution in [0.25, 0.3) is 0 Å². The Balaban J connectivity index is 1.88. The summed E-state index contributed by atoms with van der Waals surface area (Å²) in [5, 5.41) is 8.86. The Morgan fingerprint density at radius 3 is 1.94 bits per heavy atom. The van der Waals surface area contributed by atoms with Gasteiger partial charge in [-0.25, -0.2) is 4.79 Å². The largest absolute Gasteiger partial charge is 0.491 e. The summed E-state index contributed by atoms with van der Waals surface area (Å²) >= 11 is 0. The summed E-state index contributed by atoms with van der Waals surface area (Å²) in [6.45, 7) is 11.7. The quantitative estimate of drug-likeness (QED) is 0.310. The molecule has 2 aromatic rings. The smallest absolute Gasteiger partial charge is 0.330 e. The van der Waals surface area contributed by atoms with Gasteiger partial charge in [0.15, 0.2) is 6.79 Å². The molecule has 0 saturated carbocycles. The van der Waals surface area contributed by atoms with Gasteiger partial charge >= 0.3 is 5.97 Å². The molecule has 0 bridgehead atoms. The van der Waals surface area contributed by atoms with Gasteiger partial charge in [0.25, 0.3) is 0 Å². The molecule has 0 spiro atoms. The summed E-state index contributed by atoms with van der Waals surface area (Å²) in [5.41, 5.74) is 2.09. The predicted octanol–water partition coefficient (Wildman–Crippen LogP) is 4.24. The number of ether oxygens (including phenoxy) is 4. The molecular weight excluding hydrogens is 396 g/mol. The fourth-order valence-corrected chi connectivity index (χ4v) is 3.02. The first-order chi connectivity index (χ1) is 14.8. The van der Waals surface area contributed by atoms with E-state index in [9.17, 15) is 4.79 Å². The van der Waals surface area contributed by atoms with Crippen molar-refractivity contribution in [1.82, 2.24) is 0 Å². The molecule has 0 aliphatic heterocycles. The molecule has 2 atom stereocenters. The van der Waals surface area contributed by atoms with Gasteiger partial charge in [0, 0.05) is 11.5 Å². The lowest BCUT2D eigenvalue weighted by molar-refractivity contribution is -0.146. The lowest BCUT2D eigenvalue weighted by Crippen LogP contribution is -2.25. The highest BCUT2D eigenvalue weighted by Crippen LogP contribution is 2.33. The molecule has 0 fully saturated rings. The van der Waals surface area contributed by atoms with E-state index in [1.807, 2.05) is 43.3 Å². The van der Waals surface area contributed by atoms with Gasteiger partial charge in [0.1, 0.15) is 24.2 Å². The Hall–Kier alpha value is -2.83. The van der Waals surface area contributed by atoms with Crippen LogP contribution < -0.4 is 9.47 Å². The van der Waals surface area contributed by atoms with Crippen LogP contribution in [0.1, 0.15) is 38.8 Å². The predicted molar refractivity (Wildman–Crippen MR) is 119 cm³/mol. The molecule has 0 saturated heterocycles. The van der Waals surface area contributed by atoms with Gasteiger partial charge in [-0.15, -0.1) is 0 Å². The number of aliphatic hydroxyl groups excluding tert-OH is 1. The molecule has 2 aromatic carbocycles. The summed E-state index contributed by atoms with van der Waals surface area (Å²) < 4.78 is 21.7. The van der Waals surface area contributed by atoms with Crippen LogP contribution in [0.15, 0.2) is 61.2 Å². The number of carbonyl (C=O) groups is 1. The number of esters is 1. The maximum atomic E-state index is 11.2. The Morgan fingerprint density at radius 2 is 1.45 bits per heavy atom. The summed E-state index contributed by atoms with van der Waals surface area (Å²) in [6, 6.07) is 15.7. The van der Waals surface area contributed by atoms with E-state index in [2.05, 4.69) is 32.6 Å². The minimum atomic E-state index is -0.461. The van der Waals surface area contributed by atoms with E-state index >= 15 is 0 Å². The van der Waals surface area contributed by atoms with Crippen molar-refractivity contribution in [3.05, 3.63) is 72.3 Å². The standard InChI is InChI=1S/C25H32O6/c1-6-24(27)31-19(3)16-28-18(2)15-29-22-11-7-20(8-12-22)25(4,5)21-9-13-23(14-10-21)30-17-26/h6-14,18-19,26H,1,15-17H2,2-5H3. The molecule has 6 nitrogen and oxygen atoms in total. The maximum Gasteiger partial charge on any atom is 0.330 e. The Morgan fingerprint density at radius 1 is 0.935 bits per heavy atom. The first kappa shape index (κ1) is 24.4. The lowest BCUT2D eigenvalue weighted by atomic mass is 9.78. The minimum absolute atomic E-state index is 0.152. The molecule has 2 unspecified atom stereocenters. The van der Waals surface area contributed by atoms with Gasteiger partial charge in [-0.1, -0.05) is 44.7 Å². The van der Waals surface area contributed by atoms with Gasteiger partial charge in [-0.05, 0) is 49.2 Å². The van der Waals surface area contributed by atoms with Crippen molar-refractivity contribution in [3.8, 4) is 11.5 Å². The van der Waals surface area contributed by atoms with Crippen LogP contribution in [0.4, 0.5) is 0 Å². The van der Waals surface area contributed by atoms with Crippen LogP contribution in [-0.2, 0) is 19.7 Å². The van der Waals surface area contributed by atoms with E-state index in [1.54, 1.807) is 6.92 Å². The van der Waals surface area contributed by atoms with E-state index in [1.165, 1.54) is 0 Å². The molecule has 0 aliphatic carbocycles. The zero-order valence-corrected chi connectivity index (χ0v) is 18.7. The van der Waals surface area contributed by atoms with Crippen LogP contribution in [-0.4, -0.2) is 43.3 Å². The molecule has 168 valence electrons. The van der Waals surface area contributed by atoms with E-state index < -0.39 is 5.97 Å². The molecule has 31 heavy (non-hydrogen) atoms. The van der Waals surface area contributed by atoms with Gasteiger partial charge in [-0.2, -0.15) is 0 Å². The number of carbonyl (C=O) groups excluding carboxylic acids is 1. The minimum Gasteiger partial charge on any atom is -0.491 e. The highest BCUT2D eigenvalue weighted by molar-refractivity contribution is 5.81. The second-order valence-corrected chi connectivity index (χ2v) is 7.85. The topological polar surface area (TPSA) is 74.2 Å². The number of aliphatic hydroxyl groups is 1. The van der Waals surface area contributed by atoms with Gasteiger partial charge in [0.05, 0.1) is 12.7 Å². The van der Waals surface area contributed by atoms with Gasteiger partial charge < -0.3 is 24.1 Å². The van der Waals surface area contributed by atoms with E-state index in [-0.39, 0.29) is 24.4 Å². The normalized spacial score (nSPS) is 13.2. The summed E-state index contributed by atoms with van der Waals surface area (Å²) in [7, 11) is 0. The molecule has 6 heteroatoms. The fourth-order valence-electron chi connectivity index (χ4n) is 3.02. The van der Waals surface area contributed by atoms with Crippen LogP contribution >= 0.6 is 0 Å². The van der Waals surface area contributed by atoms with Gasteiger partial charge in [0.2, 0.25) is 0 Å². The SMILES string of the molecule is C=CC(=O)OC(C)COC(C)COc1ccc(C(C)(C)c2ccc(OCO)cc2)cc1. The van der Waals surface area contributed by atoms with Crippen molar-refractivity contribution < 1.29 is 28.8 Å². The Kier molecular flexibility index (Phi) is 9.09. The molecule has 0 aromatic heterocycles. The molecule has 1 N–H and O–H groups in total. The number of hydrogen-bond donors (Lipinski definition) is 1. The van der Waals surface area contributed by atoms with E-state index in [0.717, 1.165) is 23.0 Å². The van der Waals surface area contributed by atoms with Crippen molar-refractivity contribution in [3.63, 3.8) is 0 Å². The van der Waals surface area contributed by atoms with Crippen molar-refractivity contribution in [1.29, 1.82) is 0 Å². The second-order valence-electron chi connectivity index (χ2n) is 7.85. The van der Waals surface area contributed by atoms with E-state index in [0.29, 0.717) is 19.0 Å². The molecule has 0 radical (unpaired) electrons. The van der Waals surface area contributed by atoms with Crippen molar-refractivity contribution in [2.45, 2.75) is 45.3 Å². The third-order valence-electron chi connectivity index (χ3n) is 4.97. The Labute approximate surface area is 184 Å². The number of rotatable bonds is 12. The van der Waals surface area contributed by atoms with Crippen LogP contribution in [0, 0.1) is 0 Å². The summed E-state index contributed by atoms with van der Waals surface area (Å²) in [5.74, 6) is 0.931. The van der Waals surface area contributed by atoms with Crippen LogP contribution in [0.2, 0.25) is 0 Å². The van der Waals surface area contributed by atoms with Crippen molar-refractivity contribution >= 4 is 5.97 Å². The summed E-state index contributed by atoms with van der Waals surface area (Å²) in [6.07, 6.45) is 0.633. The molecule has 0 amide bonds. The first-order valence-corrected chi connectivity index (χ1v) is 10.3. The van der Waals surface area contributed by atoms with Crippen LogP contribution in [0.5, 0.6) is 11.5 Å². The highest BCUT2D eigenvalue weighted by Gasteiger charge is 2.23. The van der Waals surface area contributed by atoms with Crippen molar-refractivity contribution in [2.24, 2.45) is 0 Å². The van der Waals surface area contributed by atoms with E-state index in [4.69, 9.17) is 24.1 Å². The van der Waals surface area contributed by atoms with Gasteiger partial charge in [-0.3, -0.25) is 0 Å². The second kappa shape index (κ2) is 11.5. The average Bonchev–Trinajstić information content (AvgIpc) is 2.77. The third kappa shape index (κ3) is 7.42. The van der Waals surface area contributed by atoms with Crippen LogP contribution in [0.3, 0.4) is 0 Å². The monoisotopic (exact) mass is 428 g/mol. The highest BCUT2D eigenvalue weighted by atomic mass is 16.6. The Bertz CT molecular complexity index is 826. The zero-order valence-electron chi connectivity index (χ0n) is 18.7. The number of hydrogen-bond acceptors (Lipinski definition) is 6. The maximum absolute atomic E-state index is 11.2. The molecule has 0 heterocycles. The summed E-state index contributed by atoms with van der Waals surface area (Å²) in [4.78, 5) is 11.2. The number of benzene rings is 2. The molecular formula is C25H32O6. The third-order valence-corrected chi connectivity index (χ3v) is 4.97.